The first kappa shape index (κ1) is 15.8. The quantitative estimate of drug-likeness (QED) is 0.785. The molecule has 0 saturated carbocycles. The number of ether oxygens (including phenoxy) is 1. The Kier molecular flexibility index (Phi) is 5.09. The molecule has 2 aromatic heterocycles. The van der Waals surface area contributed by atoms with Crippen molar-refractivity contribution in [1.82, 2.24) is 20.4 Å². The number of nitrogens with one attached hydrogen (secondary N) is 2. The average molecular weight is 318 g/mol. The Morgan fingerprint density at radius 2 is 2.22 bits per heavy atom. The molecule has 1 amide bonds. The van der Waals surface area contributed by atoms with Gasteiger partial charge in [-0.25, -0.2) is 0 Å². The van der Waals surface area contributed by atoms with E-state index in [2.05, 4.69) is 15.5 Å². The highest BCUT2D eigenvalue weighted by atomic mass is 16.5. The lowest BCUT2D eigenvalue weighted by Gasteiger charge is -2.26. The monoisotopic (exact) mass is 318 g/mol. The van der Waals surface area contributed by atoms with Crippen LogP contribution in [0.4, 0.5) is 0 Å². The Morgan fingerprint density at radius 1 is 1.39 bits per heavy atom. The second-order valence-electron chi connectivity index (χ2n) is 5.60. The summed E-state index contributed by atoms with van der Waals surface area (Å²) < 4.78 is 10.9. The normalized spacial score (nSPS) is 15.1. The van der Waals surface area contributed by atoms with Gasteiger partial charge in [0.1, 0.15) is 11.5 Å². The van der Waals surface area contributed by atoms with Crippen molar-refractivity contribution in [2.24, 2.45) is 0 Å². The van der Waals surface area contributed by atoms with Crippen LogP contribution < -0.4 is 5.32 Å². The van der Waals surface area contributed by atoms with Crippen LogP contribution in [-0.2, 0) is 16.1 Å². The van der Waals surface area contributed by atoms with E-state index in [0.29, 0.717) is 45.8 Å². The van der Waals surface area contributed by atoms with Crippen molar-refractivity contribution in [2.75, 3.05) is 32.8 Å². The van der Waals surface area contributed by atoms with E-state index in [1.807, 2.05) is 24.0 Å². The SMILES string of the molecule is Cc1ccc(-c2[nH]ncc2CNCCC(=O)N2CCOCC2)o1. The standard InChI is InChI=1S/C16H22N4O3/c1-12-2-3-14(23-12)16-13(11-18-19-16)10-17-5-4-15(21)20-6-8-22-9-7-20/h2-3,11,17H,4-10H2,1H3,(H,18,19). The van der Waals surface area contributed by atoms with Gasteiger partial charge >= 0.3 is 0 Å². The Morgan fingerprint density at radius 3 is 2.96 bits per heavy atom. The first-order valence-corrected chi connectivity index (χ1v) is 7.89. The van der Waals surface area contributed by atoms with Crippen molar-refractivity contribution >= 4 is 5.91 Å². The summed E-state index contributed by atoms with van der Waals surface area (Å²) in [5, 5.41) is 10.3. The van der Waals surface area contributed by atoms with E-state index in [9.17, 15) is 4.79 Å². The fourth-order valence-electron chi connectivity index (χ4n) is 2.62. The molecular formula is C16H22N4O3. The van der Waals surface area contributed by atoms with Gasteiger partial charge in [0.25, 0.3) is 0 Å². The van der Waals surface area contributed by atoms with Crippen LogP contribution in [0.5, 0.6) is 0 Å². The van der Waals surface area contributed by atoms with Gasteiger partial charge in [-0.1, -0.05) is 0 Å². The molecule has 0 radical (unpaired) electrons. The molecule has 1 aliphatic heterocycles. The molecule has 2 N–H and O–H groups in total. The molecule has 0 aromatic carbocycles. The summed E-state index contributed by atoms with van der Waals surface area (Å²) in [7, 11) is 0. The number of carbonyl (C=O) groups excluding carboxylic acids is 1. The first-order valence-electron chi connectivity index (χ1n) is 7.89. The number of rotatable bonds is 6. The molecule has 3 heterocycles. The molecule has 0 aliphatic carbocycles. The Hall–Kier alpha value is -2.12. The highest BCUT2D eigenvalue weighted by molar-refractivity contribution is 5.76. The molecule has 1 saturated heterocycles. The van der Waals surface area contributed by atoms with E-state index in [-0.39, 0.29) is 5.91 Å². The van der Waals surface area contributed by atoms with Gasteiger partial charge in [-0.15, -0.1) is 0 Å². The first-order chi connectivity index (χ1) is 11.2. The second kappa shape index (κ2) is 7.43. The molecule has 2 aromatic rings. The minimum atomic E-state index is 0.176. The van der Waals surface area contributed by atoms with Crippen LogP contribution in [0, 0.1) is 6.92 Å². The molecular weight excluding hydrogens is 296 g/mol. The van der Waals surface area contributed by atoms with Gasteiger partial charge in [0.15, 0.2) is 5.76 Å². The average Bonchev–Trinajstić information content (AvgIpc) is 3.20. The third-order valence-electron chi connectivity index (χ3n) is 3.90. The molecule has 124 valence electrons. The summed E-state index contributed by atoms with van der Waals surface area (Å²) >= 11 is 0. The fourth-order valence-corrected chi connectivity index (χ4v) is 2.62. The van der Waals surface area contributed by atoms with Gasteiger partial charge in [0.2, 0.25) is 5.91 Å². The van der Waals surface area contributed by atoms with Crippen molar-refractivity contribution in [3.63, 3.8) is 0 Å². The van der Waals surface area contributed by atoms with Gasteiger partial charge in [-0.2, -0.15) is 5.10 Å². The van der Waals surface area contributed by atoms with Gasteiger partial charge < -0.3 is 19.4 Å². The zero-order chi connectivity index (χ0) is 16.1. The summed E-state index contributed by atoms with van der Waals surface area (Å²) in [5.41, 5.74) is 1.91. The van der Waals surface area contributed by atoms with Gasteiger partial charge in [-0.05, 0) is 19.1 Å². The van der Waals surface area contributed by atoms with Crippen LogP contribution in [-0.4, -0.2) is 53.9 Å². The summed E-state index contributed by atoms with van der Waals surface area (Å²) in [4.78, 5) is 13.9. The minimum Gasteiger partial charge on any atom is -0.460 e. The van der Waals surface area contributed by atoms with Crippen LogP contribution >= 0.6 is 0 Å². The van der Waals surface area contributed by atoms with E-state index in [1.54, 1.807) is 6.20 Å². The van der Waals surface area contributed by atoms with Gasteiger partial charge in [0, 0.05) is 38.2 Å². The summed E-state index contributed by atoms with van der Waals surface area (Å²) in [5.74, 6) is 1.82. The fraction of sp³-hybridized carbons (Fsp3) is 0.500. The van der Waals surface area contributed by atoms with E-state index in [0.717, 1.165) is 22.8 Å². The highest BCUT2D eigenvalue weighted by Crippen LogP contribution is 2.23. The Labute approximate surface area is 135 Å². The molecule has 1 aliphatic rings. The smallest absolute Gasteiger partial charge is 0.224 e. The Balaban J connectivity index is 1.46. The predicted octanol–water partition coefficient (Wildman–Crippen LogP) is 1.32. The number of amides is 1. The highest BCUT2D eigenvalue weighted by Gasteiger charge is 2.16. The van der Waals surface area contributed by atoms with Crippen molar-refractivity contribution < 1.29 is 13.9 Å². The number of furan rings is 1. The predicted molar refractivity (Wildman–Crippen MR) is 84.7 cm³/mol. The molecule has 23 heavy (non-hydrogen) atoms. The molecule has 0 atom stereocenters. The zero-order valence-corrected chi connectivity index (χ0v) is 13.3. The zero-order valence-electron chi connectivity index (χ0n) is 13.3. The second-order valence-corrected chi connectivity index (χ2v) is 5.60. The van der Waals surface area contributed by atoms with Gasteiger partial charge in [-0.3, -0.25) is 9.89 Å². The summed E-state index contributed by atoms with van der Waals surface area (Å²) in [6.45, 7) is 5.86. The summed E-state index contributed by atoms with van der Waals surface area (Å²) in [6.07, 6.45) is 2.27. The molecule has 1 fully saturated rings. The number of hydrogen-bond donors (Lipinski definition) is 2. The van der Waals surface area contributed by atoms with E-state index in [4.69, 9.17) is 9.15 Å². The van der Waals surface area contributed by atoms with Crippen molar-refractivity contribution in [1.29, 1.82) is 0 Å². The number of H-pyrrole nitrogens is 1. The van der Waals surface area contributed by atoms with E-state index in [1.165, 1.54) is 0 Å². The molecule has 0 bridgehead atoms. The maximum atomic E-state index is 12.0. The largest absolute Gasteiger partial charge is 0.460 e. The van der Waals surface area contributed by atoms with Crippen LogP contribution in [0.3, 0.4) is 0 Å². The number of nitrogens with zero attached hydrogens (tertiary/aromatic N) is 2. The van der Waals surface area contributed by atoms with Crippen LogP contribution in [0.1, 0.15) is 17.7 Å². The van der Waals surface area contributed by atoms with Crippen molar-refractivity contribution in [3.8, 4) is 11.5 Å². The number of morpholine rings is 1. The third kappa shape index (κ3) is 4.00. The number of carbonyl (C=O) groups is 1. The van der Waals surface area contributed by atoms with E-state index < -0.39 is 0 Å². The number of aromatic nitrogens is 2. The molecule has 7 nitrogen and oxygen atoms in total. The summed E-state index contributed by atoms with van der Waals surface area (Å²) in [6, 6.07) is 3.85. The van der Waals surface area contributed by atoms with E-state index >= 15 is 0 Å². The molecule has 0 spiro atoms. The Bertz CT molecular complexity index is 643. The topological polar surface area (TPSA) is 83.4 Å². The lowest BCUT2D eigenvalue weighted by atomic mass is 10.2. The van der Waals surface area contributed by atoms with Crippen molar-refractivity contribution in [2.45, 2.75) is 19.9 Å². The van der Waals surface area contributed by atoms with Gasteiger partial charge in [0.05, 0.1) is 19.4 Å². The third-order valence-corrected chi connectivity index (χ3v) is 3.90. The number of aromatic amines is 1. The number of hydrogen-bond acceptors (Lipinski definition) is 5. The van der Waals surface area contributed by atoms with Crippen LogP contribution in [0.2, 0.25) is 0 Å². The van der Waals surface area contributed by atoms with Crippen LogP contribution in [0.15, 0.2) is 22.7 Å². The lowest BCUT2D eigenvalue weighted by molar-refractivity contribution is -0.135. The molecule has 3 rings (SSSR count). The maximum Gasteiger partial charge on any atom is 0.224 e. The minimum absolute atomic E-state index is 0.176. The number of aryl methyl sites for hydroxylation is 1. The van der Waals surface area contributed by atoms with Crippen molar-refractivity contribution in [3.05, 3.63) is 29.7 Å². The molecule has 0 unspecified atom stereocenters. The molecule has 7 heteroatoms. The maximum absolute atomic E-state index is 12.0. The van der Waals surface area contributed by atoms with Crippen LogP contribution in [0.25, 0.3) is 11.5 Å². The lowest BCUT2D eigenvalue weighted by Crippen LogP contribution is -2.41.